The number of hydrogen-bond donors (Lipinski definition) is 1. The molecule has 0 radical (unpaired) electrons. The minimum atomic E-state index is 0.578. The summed E-state index contributed by atoms with van der Waals surface area (Å²) in [5.41, 5.74) is 9.17. The molecule has 5 rings (SSSR count). The molecular formula is C24H23N5. The molecule has 0 amide bonds. The average molecular weight is 381 g/mol. The first-order valence-corrected chi connectivity index (χ1v) is 10.0. The third-order valence-electron chi connectivity index (χ3n) is 5.37. The Bertz CT molecular complexity index is 1170. The topological polar surface area (TPSA) is 55.6 Å². The second-order valence-corrected chi connectivity index (χ2v) is 7.70. The zero-order valence-electron chi connectivity index (χ0n) is 16.7. The van der Waals surface area contributed by atoms with E-state index in [-0.39, 0.29) is 0 Å². The summed E-state index contributed by atoms with van der Waals surface area (Å²) in [6.07, 6.45) is 7.18. The first-order valence-electron chi connectivity index (χ1n) is 10.0. The fourth-order valence-corrected chi connectivity index (χ4v) is 4.13. The van der Waals surface area contributed by atoms with Gasteiger partial charge >= 0.3 is 0 Å². The Labute approximate surface area is 170 Å². The van der Waals surface area contributed by atoms with Crippen molar-refractivity contribution in [2.24, 2.45) is 0 Å². The summed E-state index contributed by atoms with van der Waals surface area (Å²) in [6, 6.07) is 16.9. The summed E-state index contributed by atoms with van der Waals surface area (Å²) in [5, 5.41) is 7.89. The number of aromatic nitrogens is 4. The number of nitrogens with zero attached hydrogens (tertiary/aromatic N) is 4. The first-order chi connectivity index (χ1) is 14.2. The van der Waals surface area contributed by atoms with Gasteiger partial charge in [-0.1, -0.05) is 12.1 Å². The van der Waals surface area contributed by atoms with Crippen molar-refractivity contribution >= 4 is 11.6 Å². The standard InChI is InChI=1S/C24H23N5/c1-16-12-17(2)14-20(13-16)27-24-25-10-8-22(28-24)23-9-11-26-29(23)21-7-6-18-4-3-5-19(18)15-21/h6-15H,3-5H2,1-2H3,(H,25,27,28). The lowest BCUT2D eigenvalue weighted by Crippen LogP contribution is -2.03. The van der Waals surface area contributed by atoms with Crippen molar-refractivity contribution in [2.45, 2.75) is 33.1 Å². The maximum absolute atomic E-state index is 4.75. The van der Waals surface area contributed by atoms with Gasteiger partial charge in [0.05, 0.1) is 23.3 Å². The Morgan fingerprint density at radius 1 is 0.862 bits per heavy atom. The van der Waals surface area contributed by atoms with Crippen LogP contribution >= 0.6 is 0 Å². The van der Waals surface area contributed by atoms with Crippen LogP contribution in [0.25, 0.3) is 17.1 Å². The second kappa shape index (κ2) is 7.17. The van der Waals surface area contributed by atoms with Crippen LogP contribution in [0.1, 0.15) is 28.7 Å². The van der Waals surface area contributed by atoms with Crippen molar-refractivity contribution in [3.63, 3.8) is 0 Å². The van der Waals surface area contributed by atoms with E-state index in [1.807, 2.05) is 23.0 Å². The molecule has 0 bridgehead atoms. The van der Waals surface area contributed by atoms with Crippen LogP contribution in [0.3, 0.4) is 0 Å². The van der Waals surface area contributed by atoms with Crippen LogP contribution in [0.4, 0.5) is 11.6 Å². The molecule has 1 N–H and O–H groups in total. The summed E-state index contributed by atoms with van der Waals surface area (Å²) in [5.74, 6) is 0.578. The van der Waals surface area contributed by atoms with E-state index in [1.54, 1.807) is 6.20 Å². The van der Waals surface area contributed by atoms with E-state index in [9.17, 15) is 0 Å². The van der Waals surface area contributed by atoms with Crippen LogP contribution in [0.15, 0.2) is 60.9 Å². The van der Waals surface area contributed by atoms with Gasteiger partial charge in [-0.15, -0.1) is 0 Å². The normalized spacial score (nSPS) is 12.8. The van der Waals surface area contributed by atoms with Crippen molar-refractivity contribution in [2.75, 3.05) is 5.32 Å². The van der Waals surface area contributed by atoms with Gasteiger partial charge < -0.3 is 5.32 Å². The predicted molar refractivity (Wildman–Crippen MR) is 116 cm³/mol. The number of anilines is 2. The number of benzene rings is 2. The Balaban J connectivity index is 1.48. The van der Waals surface area contributed by atoms with Crippen LogP contribution in [0.5, 0.6) is 0 Å². The molecule has 5 heteroatoms. The first kappa shape index (κ1) is 17.6. The lowest BCUT2D eigenvalue weighted by molar-refractivity contribution is 0.879. The molecule has 0 unspecified atom stereocenters. The molecule has 5 nitrogen and oxygen atoms in total. The Morgan fingerprint density at radius 2 is 1.69 bits per heavy atom. The van der Waals surface area contributed by atoms with Crippen molar-refractivity contribution in [1.29, 1.82) is 0 Å². The van der Waals surface area contributed by atoms with Crippen molar-refractivity contribution in [1.82, 2.24) is 19.7 Å². The van der Waals surface area contributed by atoms with Gasteiger partial charge in [0.25, 0.3) is 0 Å². The van der Waals surface area contributed by atoms with Crippen molar-refractivity contribution < 1.29 is 0 Å². The van der Waals surface area contributed by atoms with Gasteiger partial charge in [-0.25, -0.2) is 14.6 Å². The Hall–Kier alpha value is -3.47. The van der Waals surface area contributed by atoms with Gasteiger partial charge in [0.1, 0.15) is 0 Å². The molecule has 144 valence electrons. The molecule has 2 aromatic carbocycles. The highest BCUT2D eigenvalue weighted by molar-refractivity contribution is 5.62. The molecule has 2 aromatic heterocycles. The highest BCUT2D eigenvalue weighted by Gasteiger charge is 2.14. The molecule has 29 heavy (non-hydrogen) atoms. The van der Waals surface area contributed by atoms with Crippen LogP contribution in [-0.4, -0.2) is 19.7 Å². The summed E-state index contributed by atoms with van der Waals surface area (Å²) >= 11 is 0. The largest absolute Gasteiger partial charge is 0.324 e. The van der Waals surface area contributed by atoms with Crippen LogP contribution in [-0.2, 0) is 12.8 Å². The lowest BCUT2D eigenvalue weighted by atomic mass is 10.1. The van der Waals surface area contributed by atoms with E-state index in [0.29, 0.717) is 5.95 Å². The van der Waals surface area contributed by atoms with E-state index in [0.717, 1.165) is 29.2 Å². The summed E-state index contributed by atoms with van der Waals surface area (Å²) < 4.78 is 1.96. The zero-order valence-corrected chi connectivity index (χ0v) is 16.7. The summed E-state index contributed by atoms with van der Waals surface area (Å²) in [7, 11) is 0. The van der Waals surface area contributed by atoms with Gasteiger partial charge in [-0.3, -0.25) is 0 Å². The van der Waals surface area contributed by atoms with Gasteiger partial charge in [0.15, 0.2) is 0 Å². The monoisotopic (exact) mass is 381 g/mol. The molecule has 1 aliphatic carbocycles. The van der Waals surface area contributed by atoms with Gasteiger partial charge in [0, 0.05) is 11.9 Å². The maximum Gasteiger partial charge on any atom is 0.227 e. The van der Waals surface area contributed by atoms with Crippen molar-refractivity contribution in [3.8, 4) is 17.1 Å². The molecule has 0 atom stereocenters. The van der Waals surface area contributed by atoms with E-state index < -0.39 is 0 Å². The number of rotatable bonds is 4. The predicted octanol–water partition coefficient (Wildman–Crippen LogP) is 5.18. The summed E-state index contributed by atoms with van der Waals surface area (Å²) in [4.78, 5) is 9.15. The van der Waals surface area contributed by atoms with Gasteiger partial charge in [-0.2, -0.15) is 5.10 Å². The van der Waals surface area contributed by atoms with E-state index >= 15 is 0 Å². The highest BCUT2D eigenvalue weighted by Crippen LogP contribution is 2.27. The quantitative estimate of drug-likeness (QED) is 0.529. The molecular weight excluding hydrogens is 358 g/mol. The SMILES string of the molecule is Cc1cc(C)cc(Nc2nccc(-c3ccnn3-c3ccc4c(c3)CCC4)n2)c1. The van der Waals surface area contributed by atoms with E-state index in [2.05, 4.69) is 65.6 Å². The minimum Gasteiger partial charge on any atom is -0.324 e. The lowest BCUT2D eigenvalue weighted by Gasteiger charge is -2.11. The fraction of sp³-hybridized carbons (Fsp3) is 0.208. The molecule has 0 saturated carbocycles. The number of aryl methyl sites for hydroxylation is 4. The zero-order chi connectivity index (χ0) is 19.8. The maximum atomic E-state index is 4.75. The molecule has 0 fully saturated rings. The second-order valence-electron chi connectivity index (χ2n) is 7.70. The smallest absolute Gasteiger partial charge is 0.227 e. The van der Waals surface area contributed by atoms with Crippen LogP contribution < -0.4 is 5.32 Å². The third kappa shape index (κ3) is 3.51. The molecule has 0 spiro atoms. The Kier molecular flexibility index (Phi) is 4.35. The molecule has 1 aliphatic rings. The molecule has 0 aliphatic heterocycles. The van der Waals surface area contributed by atoms with Crippen LogP contribution in [0, 0.1) is 13.8 Å². The molecule has 0 saturated heterocycles. The number of hydrogen-bond acceptors (Lipinski definition) is 4. The summed E-state index contributed by atoms with van der Waals surface area (Å²) in [6.45, 7) is 4.18. The van der Waals surface area contributed by atoms with E-state index in [1.165, 1.54) is 35.1 Å². The van der Waals surface area contributed by atoms with Gasteiger partial charge in [0.2, 0.25) is 5.95 Å². The van der Waals surface area contributed by atoms with E-state index in [4.69, 9.17) is 4.98 Å². The van der Waals surface area contributed by atoms with Crippen LogP contribution in [0.2, 0.25) is 0 Å². The van der Waals surface area contributed by atoms with Gasteiger partial charge in [-0.05, 0) is 91.8 Å². The highest BCUT2D eigenvalue weighted by atomic mass is 15.3. The molecule has 2 heterocycles. The van der Waals surface area contributed by atoms with Crippen molar-refractivity contribution in [3.05, 3.63) is 83.2 Å². The average Bonchev–Trinajstić information content (AvgIpc) is 3.36. The number of nitrogens with one attached hydrogen (secondary N) is 1. The number of fused-ring (bicyclic) bond motifs is 1. The third-order valence-corrected chi connectivity index (χ3v) is 5.37. The fourth-order valence-electron chi connectivity index (χ4n) is 4.13. The minimum absolute atomic E-state index is 0.578. The Morgan fingerprint density at radius 3 is 2.55 bits per heavy atom. The molecule has 4 aromatic rings.